The van der Waals surface area contributed by atoms with Gasteiger partial charge < -0.3 is 15.8 Å². The van der Waals surface area contributed by atoms with Gasteiger partial charge in [0.2, 0.25) is 0 Å². The minimum atomic E-state index is -4.42. The molecule has 1 aliphatic heterocycles. The Morgan fingerprint density at radius 3 is 2.75 bits per heavy atom. The summed E-state index contributed by atoms with van der Waals surface area (Å²) in [6, 6.07) is -1.83. The molecule has 0 spiro atoms. The van der Waals surface area contributed by atoms with Gasteiger partial charge in [0.05, 0.1) is 6.61 Å². The molecule has 1 rings (SSSR count). The maximum Gasteiger partial charge on any atom is 0.410 e. The molecule has 0 aliphatic carbocycles. The summed E-state index contributed by atoms with van der Waals surface area (Å²) in [7, 11) is 0. The van der Waals surface area contributed by atoms with E-state index in [1.807, 2.05) is 0 Å². The lowest BCUT2D eigenvalue weighted by Gasteiger charge is -2.22. The van der Waals surface area contributed by atoms with E-state index < -0.39 is 18.2 Å². The first-order valence-electron chi connectivity index (χ1n) is 6.27. The van der Waals surface area contributed by atoms with Crippen molar-refractivity contribution in [2.24, 2.45) is 10.7 Å². The normalized spacial score (nSPS) is 22.6. The highest BCUT2D eigenvalue weighted by Crippen LogP contribution is 2.24. The number of nitrogens with zero attached hydrogens (tertiary/aromatic N) is 1. The molecule has 5 nitrogen and oxygen atoms in total. The minimum absolute atomic E-state index is 0.145. The third-order valence-electron chi connectivity index (χ3n) is 2.83. The number of nitrogens with two attached hydrogens (primary N) is 1. The molecule has 0 radical (unpaired) electrons. The number of aliphatic imine (C=N–C) groups is 1. The van der Waals surface area contributed by atoms with Crippen molar-refractivity contribution in [3.05, 3.63) is 11.3 Å². The number of piperidine rings is 1. The van der Waals surface area contributed by atoms with Crippen LogP contribution in [0.4, 0.5) is 13.2 Å². The molecule has 3 N–H and O–H groups in total. The van der Waals surface area contributed by atoms with Gasteiger partial charge in [0.1, 0.15) is 11.7 Å². The SMILES string of the molecule is CCOC(=O)/C(N)=C1\CNCCC1=N[C@H](C)C(F)(F)F. The Hall–Kier alpha value is -1.57. The van der Waals surface area contributed by atoms with Crippen LogP contribution in [-0.4, -0.2) is 43.6 Å². The van der Waals surface area contributed by atoms with E-state index in [1.54, 1.807) is 6.92 Å². The van der Waals surface area contributed by atoms with Crippen LogP contribution >= 0.6 is 0 Å². The third-order valence-corrected chi connectivity index (χ3v) is 2.83. The Kier molecular flexibility index (Phi) is 5.55. The van der Waals surface area contributed by atoms with E-state index in [-0.39, 0.29) is 36.6 Å². The molecule has 1 fully saturated rings. The van der Waals surface area contributed by atoms with E-state index >= 15 is 0 Å². The van der Waals surface area contributed by atoms with Crippen LogP contribution in [0.2, 0.25) is 0 Å². The first-order valence-corrected chi connectivity index (χ1v) is 6.27. The van der Waals surface area contributed by atoms with Gasteiger partial charge in [0.25, 0.3) is 0 Å². The van der Waals surface area contributed by atoms with Gasteiger partial charge in [0.15, 0.2) is 0 Å². The number of carbonyl (C=O) groups excluding carboxylic acids is 1. The molecule has 0 saturated carbocycles. The molecule has 8 heteroatoms. The van der Waals surface area contributed by atoms with Crippen molar-refractivity contribution < 1.29 is 22.7 Å². The predicted molar refractivity (Wildman–Crippen MR) is 68.3 cm³/mol. The van der Waals surface area contributed by atoms with Crippen molar-refractivity contribution in [1.82, 2.24) is 5.32 Å². The van der Waals surface area contributed by atoms with Crippen LogP contribution in [-0.2, 0) is 9.53 Å². The Morgan fingerprint density at radius 1 is 1.55 bits per heavy atom. The van der Waals surface area contributed by atoms with E-state index in [0.29, 0.717) is 6.54 Å². The summed E-state index contributed by atoms with van der Waals surface area (Å²) in [6.07, 6.45) is -4.13. The summed E-state index contributed by atoms with van der Waals surface area (Å²) in [5.41, 5.74) is 5.96. The average molecular weight is 293 g/mol. The first-order chi connectivity index (χ1) is 9.27. The molecular formula is C12H18F3N3O2. The van der Waals surface area contributed by atoms with Gasteiger partial charge >= 0.3 is 12.1 Å². The molecule has 20 heavy (non-hydrogen) atoms. The van der Waals surface area contributed by atoms with Crippen molar-refractivity contribution in [2.45, 2.75) is 32.5 Å². The van der Waals surface area contributed by atoms with Gasteiger partial charge in [0, 0.05) is 30.8 Å². The Morgan fingerprint density at radius 2 is 2.20 bits per heavy atom. The molecule has 0 aromatic carbocycles. The molecular weight excluding hydrogens is 275 g/mol. The van der Waals surface area contributed by atoms with Crippen LogP contribution in [0.15, 0.2) is 16.3 Å². The first kappa shape index (κ1) is 16.5. The number of halogens is 3. The molecule has 0 aromatic rings. The number of esters is 1. The smallest absolute Gasteiger partial charge is 0.410 e. The van der Waals surface area contributed by atoms with Gasteiger partial charge in [-0.15, -0.1) is 0 Å². The number of rotatable bonds is 3. The predicted octanol–water partition coefficient (Wildman–Crippen LogP) is 1.15. The van der Waals surface area contributed by atoms with Gasteiger partial charge in [-0.3, -0.25) is 4.99 Å². The Labute approximate surface area is 115 Å². The molecule has 0 bridgehead atoms. The summed E-state index contributed by atoms with van der Waals surface area (Å²) in [6.45, 7) is 3.42. The van der Waals surface area contributed by atoms with E-state index in [1.165, 1.54) is 0 Å². The maximum atomic E-state index is 12.5. The third kappa shape index (κ3) is 4.22. The van der Waals surface area contributed by atoms with Crippen LogP contribution in [0.1, 0.15) is 20.3 Å². The number of nitrogens with one attached hydrogen (secondary N) is 1. The summed E-state index contributed by atoms with van der Waals surface area (Å²) < 4.78 is 42.4. The highest BCUT2D eigenvalue weighted by molar-refractivity contribution is 6.07. The maximum absolute atomic E-state index is 12.5. The lowest BCUT2D eigenvalue weighted by molar-refractivity contribution is -0.142. The van der Waals surface area contributed by atoms with Gasteiger partial charge in [-0.1, -0.05) is 0 Å². The average Bonchev–Trinajstić information content (AvgIpc) is 2.37. The second-order valence-electron chi connectivity index (χ2n) is 4.33. The van der Waals surface area contributed by atoms with Crippen molar-refractivity contribution in [1.29, 1.82) is 0 Å². The van der Waals surface area contributed by atoms with Gasteiger partial charge in [-0.25, -0.2) is 4.79 Å². The van der Waals surface area contributed by atoms with Gasteiger partial charge in [-0.05, 0) is 13.8 Å². The summed E-state index contributed by atoms with van der Waals surface area (Å²) in [5, 5.41) is 2.95. The largest absolute Gasteiger partial charge is 0.461 e. The Balaban J connectivity index is 3.06. The van der Waals surface area contributed by atoms with Crippen LogP contribution in [0.5, 0.6) is 0 Å². The molecule has 0 unspecified atom stereocenters. The molecule has 0 amide bonds. The topological polar surface area (TPSA) is 76.7 Å². The van der Waals surface area contributed by atoms with Crippen molar-refractivity contribution in [3.63, 3.8) is 0 Å². The fourth-order valence-electron chi connectivity index (χ4n) is 1.71. The second-order valence-corrected chi connectivity index (χ2v) is 4.33. The van der Waals surface area contributed by atoms with Gasteiger partial charge in [-0.2, -0.15) is 13.2 Å². The highest BCUT2D eigenvalue weighted by Gasteiger charge is 2.36. The van der Waals surface area contributed by atoms with Crippen molar-refractivity contribution >= 4 is 11.7 Å². The Bertz CT molecular complexity index is 430. The lowest BCUT2D eigenvalue weighted by atomic mass is 10.0. The van der Waals surface area contributed by atoms with E-state index in [4.69, 9.17) is 10.5 Å². The van der Waals surface area contributed by atoms with Crippen molar-refractivity contribution in [2.75, 3.05) is 19.7 Å². The zero-order valence-corrected chi connectivity index (χ0v) is 11.4. The monoisotopic (exact) mass is 293 g/mol. The van der Waals surface area contributed by atoms with Crippen LogP contribution in [0.3, 0.4) is 0 Å². The van der Waals surface area contributed by atoms with Crippen molar-refractivity contribution in [3.8, 4) is 0 Å². The molecule has 1 heterocycles. The number of alkyl halides is 3. The molecule has 114 valence electrons. The summed E-state index contributed by atoms with van der Waals surface area (Å²) in [5.74, 6) is -0.737. The number of hydrogen-bond donors (Lipinski definition) is 2. The summed E-state index contributed by atoms with van der Waals surface area (Å²) >= 11 is 0. The fourth-order valence-corrected chi connectivity index (χ4v) is 1.71. The van der Waals surface area contributed by atoms with E-state index in [0.717, 1.165) is 6.92 Å². The van der Waals surface area contributed by atoms with Crippen LogP contribution in [0, 0.1) is 0 Å². The zero-order valence-electron chi connectivity index (χ0n) is 11.4. The van der Waals surface area contributed by atoms with E-state index in [9.17, 15) is 18.0 Å². The molecule has 0 aromatic heterocycles. The van der Waals surface area contributed by atoms with E-state index in [2.05, 4.69) is 10.3 Å². The van der Waals surface area contributed by atoms with Crippen LogP contribution < -0.4 is 11.1 Å². The highest BCUT2D eigenvalue weighted by atomic mass is 19.4. The molecule has 1 aliphatic rings. The van der Waals surface area contributed by atoms with Crippen LogP contribution in [0.25, 0.3) is 0 Å². The number of hydrogen-bond acceptors (Lipinski definition) is 5. The summed E-state index contributed by atoms with van der Waals surface area (Å²) in [4.78, 5) is 15.2. The fraction of sp³-hybridized carbons (Fsp3) is 0.667. The lowest BCUT2D eigenvalue weighted by Crippen LogP contribution is -2.36. The second kappa shape index (κ2) is 6.74. The molecule has 1 saturated heterocycles. The number of ether oxygens (including phenoxy) is 1. The zero-order chi connectivity index (χ0) is 15.3. The quantitative estimate of drug-likeness (QED) is 0.604. The molecule has 1 atom stereocenters. The number of carbonyl (C=O) groups is 1. The minimum Gasteiger partial charge on any atom is -0.461 e. The standard InChI is InChI=1S/C12H18F3N3O2/c1-3-20-11(19)10(16)8-6-17-5-4-9(8)18-7(2)12(13,14)15/h7,17H,3-6,16H2,1-2H3/b10-8-,18-9?/t7-/m1/s1.